The summed E-state index contributed by atoms with van der Waals surface area (Å²) in [6.45, 7) is 0.577. The maximum atomic E-state index is 5.61. The molecule has 3 N–H and O–H groups in total. The standard InChI is InChI=1S/C9H9BrN2/c10-7-5-12-8-3-1-2-6(4-11)9(7)8/h1-3,5,12H,4,11H2. The van der Waals surface area contributed by atoms with E-state index in [1.807, 2.05) is 24.4 Å². The molecule has 0 bridgehead atoms. The number of fused-ring (bicyclic) bond motifs is 1. The zero-order valence-corrected chi connectivity index (χ0v) is 8.06. The second-order valence-electron chi connectivity index (χ2n) is 2.68. The van der Waals surface area contributed by atoms with Crippen molar-refractivity contribution in [3.63, 3.8) is 0 Å². The van der Waals surface area contributed by atoms with Crippen LogP contribution in [-0.4, -0.2) is 4.98 Å². The Kier molecular flexibility index (Phi) is 1.90. The Morgan fingerprint density at radius 2 is 2.25 bits per heavy atom. The Morgan fingerprint density at radius 1 is 1.42 bits per heavy atom. The minimum atomic E-state index is 0.577. The molecule has 0 spiro atoms. The number of aromatic nitrogens is 1. The predicted octanol–water partition coefficient (Wildman–Crippen LogP) is 2.39. The minimum absolute atomic E-state index is 0.577. The Morgan fingerprint density at radius 3 is 3.00 bits per heavy atom. The fraction of sp³-hybridized carbons (Fsp3) is 0.111. The van der Waals surface area contributed by atoms with E-state index in [2.05, 4.69) is 20.9 Å². The molecule has 0 saturated heterocycles. The van der Waals surface area contributed by atoms with Crippen LogP contribution in [0.15, 0.2) is 28.9 Å². The number of nitrogens with two attached hydrogens (primary N) is 1. The van der Waals surface area contributed by atoms with Crippen LogP contribution >= 0.6 is 15.9 Å². The number of nitrogens with one attached hydrogen (secondary N) is 1. The molecule has 1 aromatic heterocycles. The van der Waals surface area contributed by atoms with Crippen molar-refractivity contribution in [1.82, 2.24) is 4.98 Å². The van der Waals surface area contributed by atoms with E-state index in [-0.39, 0.29) is 0 Å². The quantitative estimate of drug-likeness (QED) is 0.768. The van der Waals surface area contributed by atoms with Crippen molar-refractivity contribution in [2.75, 3.05) is 0 Å². The molecule has 0 amide bonds. The lowest BCUT2D eigenvalue weighted by Gasteiger charge is -1.98. The molecule has 0 saturated carbocycles. The molecule has 0 aliphatic carbocycles. The third-order valence-electron chi connectivity index (χ3n) is 1.96. The van der Waals surface area contributed by atoms with Crippen LogP contribution in [0.2, 0.25) is 0 Å². The molecule has 1 aromatic carbocycles. The lowest BCUT2D eigenvalue weighted by atomic mass is 10.1. The fourth-order valence-electron chi connectivity index (χ4n) is 1.39. The van der Waals surface area contributed by atoms with E-state index in [9.17, 15) is 0 Å². The first kappa shape index (κ1) is 7.83. The molecule has 0 radical (unpaired) electrons. The van der Waals surface area contributed by atoms with Crippen LogP contribution < -0.4 is 5.73 Å². The van der Waals surface area contributed by atoms with Gasteiger partial charge >= 0.3 is 0 Å². The fourth-order valence-corrected chi connectivity index (χ4v) is 1.97. The van der Waals surface area contributed by atoms with Crippen LogP contribution in [0.25, 0.3) is 10.9 Å². The predicted molar refractivity (Wildman–Crippen MR) is 53.9 cm³/mol. The third-order valence-corrected chi connectivity index (χ3v) is 2.59. The highest BCUT2D eigenvalue weighted by Gasteiger charge is 2.03. The number of hydrogen-bond acceptors (Lipinski definition) is 1. The summed E-state index contributed by atoms with van der Waals surface area (Å²) in [5.74, 6) is 0. The van der Waals surface area contributed by atoms with Crippen LogP contribution in [0.4, 0.5) is 0 Å². The summed E-state index contributed by atoms with van der Waals surface area (Å²) >= 11 is 3.47. The highest BCUT2D eigenvalue weighted by Crippen LogP contribution is 2.26. The molecule has 0 aliphatic rings. The molecule has 0 atom stereocenters. The van der Waals surface area contributed by atoms with Gasteiger partial charge in [0.05, 0.1) is 0 Å². The number of aromatic amines is 1. The zero-order valence-electron chi connectivity index (χ0n) is 6.47. The van der Waals surface area contributed by atoms with Gasteiger partial charge < -0.3 is 10.7 Å². The molecule has 0 aliphatic heterocycles. The van der Waals surface area contributed by atoms with E-state index in [0.29, 0.717) is 6.54 Å². The highest BCUT2D eigenvalue weighted by atomic mass is 79.9. The summed E-state index contributed by atoms with van der Waals surface area (Å²) in [6, 6.07) is 6.09. The molecule has 12 heavy (non-hydrogen) atoms. The molecule has 1 heterocycles. The third kappa shape index (κ3) is 1.06. The van der Waals surface area contributed by atoms with E-state index in [4.69, 9.17) is 5.73 Å². The van der Waals surface area contributed by atoms with E-state index in [1.165, 1.54) is 10.9 Å². The van der Waals surface area contributed by atoms with Gasteiger partial charge in [-0.1, -0.05) is 12.1 Å². The first-order chi connectivity index (χ1) is 5.83. The van der Waals surface area contributed by atoms with Gasteiger partial charge in [0, 0.05) is 28.1 Å². The van der Waals surface area contributed by atoms with Crippen LogP contribution in [0, 0.1) is 0 Å². The molecular formula is C9H9BrN2. The lowest BCUT2D eigenvalue weighted by Crippen LogP contribution is -1.96. The molecule has 0 unspecified atom stereocenters. The Balaban J connectivity index is 2.84. The second-order valence-corrected chi connectivity index (χ2v) is 3.53. The van der Waals surface area contributed by atoms with Gasteiger partial charge in [0.1, 0.15) is 0 Å². The van der Waals surface area contributed by atoms with Gasteiger partial charge in [0.15, 0.2) is 0 Å². The van der Waals surface area contributed by atoms with Crippen molar-refractivity contribution in [3.05, 3.63) is 34.4 Å². The van der Waals surface area contributed by atoms with Crippen LogP contribution in [0.5, 0.6) is 0 Å². The van der Waals surface area contributed by atoms with Gasteiger partial charge in [-0.25, -0.2) is 0 Å². The van der Waals surface area contributed by atoms with Crippen molar-refractivity contribution in [2.45, 2.75) is 6.54 Å². The van der Waals surface area contributed by atoms with Crippen molar-refractivity contribution in [3.8, 4) is 0 Å². The monoisotopic (exact) mass is 224 g/mol. The van der Waals surface area contributed by atoms with E-state index >= 15 is 0 Å². The summed E-state index contributed by atoms with van der Waals surface area (Å²) in [5, 5.41) is 1.19. The van der Waals surface area contributed by atoms with Crippen LogP contribution in [-0.2, 0) is 6.54 Å². The van der Waals surface area contributed by atoms with Crippen molar-refractivity contribution in [1.29, 1.82) is 0 Å². The number of H-pyrrole nitrogens is 1. The summed E-state index contributed by atoms with van der Waals surface area (Å²) in [7, 11) is 0. The highest BCUT2D eigenvalue weighted by molar-refractivity contribution is 9.10. The topological polar surface area (TPSA) is 41.8 Å². The van der Waals surface area contributed by atoms with Gasteiger partial charge in [0.2, 0.25) is 0 Å². The summed E-state index contributed by atoms with van der Waals surface area (Å²) in [6.07, 6.45) is 1.93. The molecule has 0 fully saturated rings. The van der Waals surface area contributed by atoms with Crippen LogP contribution in [0.3, 0.4) is 0 Å². The normalized spacial score (nSPS) is 10.8. The van der Waals surface area contributed by atoms with Gasteiger partial charge in [-0.3, -0.25) is 0 Å². The smallest absolute Gasteiger partial charge is 0.0468 e. The summed E-state index contributed by atoms with van der Waals surface area (Å²) in [5.41, 5.74) is 7.91. The van der Waals surface area contributed by atoms with E-state index in [1.54, 1.807) is 0 Å². The van der Waals surface area contributed by atoms with Crippen molar-refractivity contribution in [2.24, 2.45) is 5.73 Å². The SMILES string of the molecule is NCc1cccc2[nH]cc(Br)c12. The number of halogens is 1. The van der Waals surface area contributed by atoms with Crippen LogP contribution in [0.1, 0.15) is 5.56 Å². The maximum absolute atomic E-state index is 5.61. The average Bonchev–Trinajstić information content (AvgIpc) is 2.48. The largest absolute Gasteiger partial charge is 0.360 e. The number of hydrogen-bond donors (Lipinski definition) is 2. The van der Waals surface area contributed by atoms with Gasteiger partial charge in [-0.15, -0.1) is 0 Å². The average molecular weight is 225 g/mol. The maximum Gasteiger partial charge on any atom is 0.0468 e. The molecule has 2 aromatic rings. The molecule has 2 rings (SSSR count). The minimum Gasteiger partial charge on any atom is -0.360 e. The first-order valence-corrected chi connectivity index (χ1v) is 4.57. The molecule has 62 valence electrons. The van der Waals surface area contributed by atoms with Crippen molar-refractivity contribution >= 4 is 26.8 Å². The Bertz CT molecular complexity index is 406. The van der Waals surface area contributed by atoms with E-state index < -0.39 is 0 Å². The van der Waals surface area contributed by atoms with E-state index in [0.717, 1.165) is 9.99 Å². The number of benzene rings is 1. The zero-order chi connectivity index (χ0) is 8.55. The Labute approximate surface area is 78.9 Å². The molecule has 2 nitrogen and oxygen atoms in total. The lowest BCUT2D eigenvalue weighted by molar-refractivity contribution is 1.09. The molecule has 3 heteroatoms. The first-order valence-electron chi connectivity index (χ1n) is 3.77. The van der Waals surface area contributed by atoms with Gasteiger partial charge in [0.25, 0.3) is 0 Å². The van der Waals surface area contributed by atoms with Gasteiger partial charge in [-0.2, -0.15) is 0 Å². The molecular weight excluding hydrogens is 216 g/mol. The Hall–Kier alpha value is -0.800. The number of rotatable bonds is 1. The summed E-state index contributed by atoms with van der Waals surface area (Å²) in [4.78, 5) is 3.16. The second kappa shape index (κ2) is 2.92. The summed E-state index contributed by atoms with van der Waals surface area (Å²) < 4.78 is 1.08. The van der Waals surface area contributed by atoms with Crippen molar-refractivity contribution < 1.29 is 0 Å². The van der Waals surface area contributed by atoms with Gasteiger partial charge in [-0.05, 0) is 27.6 Å².